The van der Waals surface area contributed by atoms with E-state index < -0.39 is 17.2 Å². The summed E-state index contributed by atoms with van der Waals surface area (Å²) in [6.45, 7) is 0.437. The second-order valence-electron chi connectivity index (χ2n) is 5.71. The van der Waals surface area contributed by atoms with Gasteiger partial charge >= 0.3 is 5.97 Å². The second-order valence-corrected chi connectivity index (χ2v) is 5.71. The number of para-hydroxylation sites is 1. The number of carboxylic acids is 1. The molecule has 1 saturated carbocycles. The summed E-state index contributed by atoms with van der Waals surface area (Å²) in [5.41, 5.74) is -0.891. The van der Waals surface area contributed by atoms with Crippen molar-refractivity contribution in [1.82, 2.24) is 4.90 Å². The molecule has 1 aromatic rings. The average Bonchev–Trinajstić information content (AvgIpc) is 2.44. The zero-order valence-electron chi connectivity index (χ0n) is 12.5. The van der Waals surface area contributed by atoms with Gasteiger partial charge in [0.1, 0.15) is 6.61 Å². The van der Waals surface area contributed by atoms with Crippen molar-refractivity contribution < 1.29 is 23.8 Å². The van der Waals surface area contributed by atoms with Gasteiger partial charge in [0.25, 0.3) is 0 Å². The maximum atomic E-state index is 13.4. The van der Waals surface area contributed by atoms with Gasteiger partial charge in [-0.25, -0.2) is 4.39 Å². The van der Waals surface area contributed by atoms with Crippen LogP contribution in [0.1, 0.15) is 25.7 Å². The van der Waals surface area contributed by atoms with Crippen molar-refractivity contribution in [2.45, 2.75) is 25.7 Å². The first kappa shape index (κ1) is 16.3. The normalized spacial score (nSPS) is 15.7. The van der Waals surface area contributed by atoms with Crippen LogP contribution in [0, 0.1) is 11.2 Å². The molecule has 0 atom stereocenters. The van der Waals surface area contributed by atoms with Gasteiger partial charge in [0.2, 0.25) is 5.91 Å². The average molecular weight is 309 g/mol. The van der Waals surface area contributed by atoms with Crippen LogP contribution in [-0.2, 0) is 9.59 Å². The van der Waals surface area contributed by atoms with Gasteiger partial charge in [-0.15, -0.1) is 0 Å². The summed E-state index contributed by atoms with van der Waals surface area (Å²) < 4.78 is 18.7. The molecule has 1 amide bonds. The van der Waals surface area contributed by atoms with E-state index >= 15 is 0 Å². The van der Waals surface area contributed by atoms with Crippen LogP contribution in [0.5, 0.6) is 5.75 Å². The molecule has 5 nitrogen and oxygen atoms in total. The van der Waals surface area contributed by atoms with E-state index in [0.717, 1.165) is 6.42 Å². The molecule has 2 rings (SSSR count). The summed E-state index contributed by atoms with van der Waals surface area (Å²) in [5.74, 6) is -1.43. The molecule has 0 heterocycles. The number of hydrogen-bond acceptors (Lipinski definition) is 3. The van der Waals surface area contributed by atoms with Crippen molar-refractivity contribution in [3.63, 3.8) is 0 Å². The number of rotatable bonds is 7. The van der Waals surface area contributed by atoms with Crippen molar-refractivity contribution in [2.75, 3.05) is 20.2 Å². The summed E-state index contributed by atoms with van der Waals surface area (Å²) in [7, 11) is 1.60. The Morgan fingerprint density at radius 2 is 2.05 bits per heavy atom. The smallest absolute Gasteiger partial charge is 0.310 e. The highest BCUT2D eigenvalue weighted by Crippen LogP contribution is 2.44. The van der Waals surface area contributed by atoms with Crippen LogP contribution in [0.3, 0.4) is 0 Å². The van der Waals surface area contributed by atoms with Gasteiger partial charge in [0.05, 0.1) is 12.0 Å². The number of halogens is 1. The van der Waals surface area contributed by atoms with Crippen molar-refractivity contribution in [1.29, 1.82) is 0 Å². The number of aliphatic carboxylic acids is 1. The summed E-state index contributed by atoms with van der Waals surface area (Å²) in [6, 6.07) is 6.06. The molecule has 0 radical (unpaired) electrons. The Labute approximate surface area is 128 Å². The molecule has 0 bridgehead atoms. The number of carbonyl (C=O) groups is 2. The van der Waals surface area contributed by atoms with Gasteiger partial charge in [-0.3, -0.25) is 9.59 Å². The maximum Gasteiger partial charge on any atom is 0.310 e. The molecule has 22 heavy (non-hydrogen) atoms. The van der Waals surface area contributed by atoms with E-state index in [-0.39, 0.29) is 31.2 Å². The molecule has 1 N–H and O–H groups in total. The Morgan fingerprint density at radius 3 is 2.59 bits per heavy atom. The number of carbonyl (C=O) groups excluding carboxylic acids is 1. The number of amides is 1. The zero-order valence-corrected chi connectivity index (χ0v) is 12.5. The molecule has 6 heteroatoms. The fraction of sp³-hybridized carbons (Fsp3) is 0.500. The quantitative estimate of drug-likeness (QED) is 0.839. The third kappa shape index (κ3) is 3.55. The predicted molar refractivity (Wildman–Crippen MR) is 78.1 cm³/mol. The van der Waals surface area contributed by atoms with Crippen LogP contribution in [0.4, 0.5) is 4.39 Å². The number of hydrogen-bond donors (Lipinski definition) is 1. The summed E-state index contributed by atoms with van der Waals surface area (Å²) in [4.78, 5) is 24.8. The fourth-order valence-corrected chi connectivity index (χ4v) is 2.47. The SMILES string of the molecule is CN(CCOc1ccccc1F)C(=O)CC1(C(=O)O)CCC1. The number of likely N-dealkylation sites (N-methyl/N-ethyl adjacent to an activating group) is 1. The van der Waals surface area contributed by atoms with Crippen LogP contribution in [0.25, 0.3) is 0 Å². The van der Waals surface area contributed by atoms with E-state index in [1.165, 1.54) is 17.0 Å². The molecule has 0 aromatic heterocycles. The molecule has 120 valence electrons. The van der Waals surface area contributed by atoms with Gasteiger partial charge in [0.15, 0.2) is 11.6 Å². The molecule has 0 spiro atoms. The Bertz CT molecular complexity index is 557. The fourth-order valence-electron chi connectivity index (χ4n) is 2.47. The first-order valence-corrected chi connectivity index (χ1v) is 7.29. The van der Waals surface area contributed by atoms with Crippen molar-refractivity contribution in [3.05, 3.63) is 30.1 Å². The zero-order chi connectivity index (χ0) is 16.2. The van der Waals surface area contributed by atoms with Gasteiger partial charge in [-0.1, -0.05) is 18.6 Å². The molecule has 1 aliphatic carbocycles. The van der Waals surface area contributed by atoms with Gasteiger partial charge in [-0.2, -0.15) is 0 Å². The van der Waals surface area contributed by atoms with Crippen LogP contribution in [0.2, 0.25) is 0 Å². The molecule has 1 fully saturated rings. The second kappa shape index (κ2) is 6.77. The monoisotopic (exact) mass is 309 g/mol. The van der Waals surface area contributed by atoms with E-state index in [1.54, 1.807) is 19.2 Å². The third-order valence-electron chi connectivity index (χ3n) is 4.20. The maximum absolute atomic E-state index is 13.4. The van der Waals surface area contributed by atoms with E-state index in [2.05, 4.69) is 0 Å². The highest BCUT2D eigenvalue weighted by molar-refractivity contribution is 5.85. The Kier molecular flexibility index (Phi) is 5.00. The van der Waals surface area contributed by atoms with E-state index in [9.17, 15) is 19.1 Å². The molecular formula is C16H20FNO4. The third-order valence-corrected chi connectivity index (χ3v) is 4.20. The lowest BCUT2D eigenvalue weighted by Gasteiger charge is -2.37. The number of nitrogens with zero attached hydrogens (tertiary/aromatic N) is 1. The van der Waals surface area contributed by atoms with E-state index in [4.69, 9.17) is 4.74 Å². The Morgan fingerprint density at radius 1 is 1.36 bits per heavy atom. The molecule has 1 aliphatic rings. The van der Waals surface area contributed by atoms with Crippen LogP contribution < -0.4 is 4.74 Å². The van der Waals surface area contributed by atoms with E-state index in [1.807, 2.05) is 0 Å². The lowest BCUT2D eigenvalue weighted by Crippen LogP contribution is -2.43. The standard InChI is InChI=1S/C16H20FNO4/c1-18(9-10-22-13-6-3-2-5-12(13)17)14(19)11-16(15(20)21)7-4-8-16/h2-3,5-6H,4,7-11H2,1H3,(H,20,21). The molecular weight excluding hydrogens is 289 g/mol. The van der Waals surface area contributed by atoms with Crippen LogP contribution >= 0.6 is 0 Å². The van der Waals surface area contributed by atoms with Crippen molar-refractivity contribution >= 4 is 11.9 Å². The topological polar surface area (TPSA) is 66.8 Å². The predicted octanol–water partition coefficient (Wildman–Crippen LogP) is 2.31. The minimum Gasteiger partial charge on any atom is -0.489 e. The van der Waals surface area contributed by atoms with Crippen LogP contribution in [0.15, 0.2) is 24.3 Å². The minimum absolute atomic E-state index is 0.0124. The highest BCUT2D eigenvalue weighted by Gasteiger charge is 2.46. The number of carboxylic acid groups (broad SMARTS) is 1. The summed E-state index contributed by atoms with van der Waals surface area (Å²) in [5, 5.41) is 9.23. The lowest BCUT2D eigenvalue weighted by atomic mass is 9.66. The largest absolute Gasteiger partial charge is 0.489 e. The highest BCUT2D eigenvalue weighted by atomic mass is 19.1. The molecule has 0 saturated heterocycles. The number of ether oxygens (including phenoxy) is 1. The van der Waals surface area contributed by atoms with Gasteiger partial charge in [-0.05, 0) is 25.0 Å². The Hall–Kier alpha value is -2.11. The molecule has 1 aromatic carbocycles. The minimum atomic E-state index is -0.900. The van der Waals surface area contributed by atoms with Crippen molar-refractivity contribution in [3.8, 4) is 5.75 Å². The first-order chi connectivity index (χ1) is 10.4. The van der Waals surface area contributed by atoms with Crippen LogP contribution in [-0.4, -0.2) is 42.1 Å². The van der Waals surface area contributed by atoms with Gasteiger partial charge < -0.3 is 14.7 Å². The van der Waals surface area contributed by atoms with Crippen molar-refractivity contribution in [2.24, 2.45) is 5.41 Å². The summed E-state index contributed by atoms with van der Waals surface area (Å²) in [6.07, 6.45) is 1.96. The number of benzene rings is 1. The molecule has 0 unspecified atom stereocenters. The Balaban J connectivity index is 1.79. The summed E-state index contributed by atoms with van der Waals surface area (Å²) >= 11 is 0. The van der Waals surface area contributed by atoms with Gasteiger partial charge in [0, 0.05) is 13.5 Å². The first-order valence-electron chi connectivity index (χ1n) is 7.29. The lowest BCUT2D eigenvalue weighted by molar-refractivity contribution is -0.159. The van der Waals surface area contributed by atoms with E-state index in [0.29, 0.717) is 12.8 Å². The molecule has 0 aliphatic heterocycles.